The molecular formula is C27H26ClN3O4. The summed E-state index contributed by atoms with van der Waals surface area (Å²) < 4.78 is 5.56. The van der Waals surface area contributed by atoms with Crippen LogP contribution in [0.5, 0.6) is 5.75 Å². The SMILES string of the molecule is Cc1ccc(NC(=O)COc2ccc(N3C[C@H](C(=O)NCc4ccc(Cl)cc4)CC3=O)cc2)cc1. The average molecular weight is 492 g/mol. The summed E-state index contributed by atoms with van der Waals surface area (Å²) in [7, 11) is 0. The number of nitrogens with zero attached hydrogens (tertiary/aromatic N) is 1. The van der Waals surface area contributed by atoms with Gasteiger partial charge in [-0.3, -0.25) is 14.4 Å². The Kier molecular flexibility index (Phi) is 7.67. The van der Waals surface area contributed by atoms with Crippen molar-refractivity contribution in [1.29, 1.82) is 0 Å². The van der Waals surface area contributed by atoms with E-state index < -0.39 is 5.92 Å². The van der Waals surface area contributed by atoms with E-state index in [0.717, 1.165) is 11.1 Å². The molecule has 7 nitrogen and oxygen atoms in total. The summed E-state index contributed by atoms with van der Waals surface area (Å²) >= 11 is 5.89. The van der Waals surface area contributed by atoms with Crippen LogP contribution < -0.4 is 20.3 Å². The van der Waals surface area contributed by atoms with E-state index in [0.29, 0.717) is 35.2 Å². The Labute approximate surface area is 209 Å². The van der Waals surface area contributed by atoms with Crippen molar-refractivity contribution >= 4 is 40.7 Å². The molecule has 2 N–H and O–H groups in total. The van der Waals surface area contributed by atoms with Gasteiger partial charge in [-0.05, 0) is 61.0 Å². The molecule has 0 bridgehead atoms. The second-order valence-electron chi connectivity index (χ2n) is 8.45. The van der Waals surface area contributed by atoms with Crippen LogP contribution in [0.2, 0.25) is 5.02 Å². The largest absolute Gasteiger partial charge is 0.484 e. The van der Waals surface area contributed by atoms with Gasteiger partial charge in [0.05, 0.1) is 5.92 Å². The van der Waals surface area contributed by atoms with Gasteiger partial charge in [0.1, 0.15) is 5.75 Å². The summed E-state index contributed by atoms with van der Waals surface area (Å²) in [6.07, 6.45) is 0.157. The summed E-state index contributed by atoms with van der Waals surface area (Å²) in [6.45, 7) is 2.53. The molecule has 0 saturated carbocycles. The highest BCUT2D eigenvalue weighted by molar-refractivity contribution is 6.30. The first-order valence-corrected chi connectivity index (χ1v) is 11.7. The van der Waals surface area contributed by atoms with E-state index in [1.807, 2.05) is 43.3 Å². The highest BCUT2D eigenvalue weighted by Crippen LogP contribution is 2.27. The highest BCUT2D eigenvalue weighted by atomic mass is 35.5. The number of anilines is 2. The first kappa shape index (κ1) is 24.3. The smallest absolute Gasteiger partial charge is 0.262 e. The summed E-state index contributed by atoms with van der Waals surface area (Å²) in [6, 6.07) is 21.7. The molecule has 8 heteroatoms. The van der Waals surface area contributed by atoms with Gasteiger partial charge >= 0.3 is 0 Å². The first-order valence-electron chi connectivity index (χ1n) is 11.3. The first-order chi connectivity index (χ1) is 16.9. The molecule has 3 amide bonds. The van der Waals surface area contributed by atoms with Crippen LogP contribution in [-0.4, -0.2) is 30.9 Å². The lowest BCUT2D eigenvalue weighted by atomic mass is 10.1. The van der Waals surface area contributed by atoms with Gasteiger partial charge in [0.2, 0.25) is 11.8 Å². The molecule has 0 aromatic heterocycles. The van der Waals surface area contributed by atoms with Crippen LogP contribution in [0.25, 0.3) is 0 Å². The number of ether oxygens (including phenoxy) is 1. The summed E-state index contributed by atoms with van der Waals surface area (Å²) in [5.74, 6) is -0.439. The minimum Gasteiger partial charge on any atom is -0.484 e. The predicted molar refractivity (Wildman–Crippen MR) is 136 cm³/mol. The number of hydrogen-bond donors (Lipinski definition) is 2. The zero-order chi connectivity index (χ0) is 24.8. The summed E-state index contributed by atoms with van der Waals surface area (Å²) in [5.41, 5.74) is 3.44. The number of hydrogen-bond acceptors (Lipinski definition) is 4. The van der Waals surface area contributed by atoms with Crippen molar-refractivity contribution in [3.63, 3.8) is 0 Å². The van der Waals surface area contributed by atoms with E-state index in [2.05, 4.69) is 10.6 Å². The number of benzene rings is 3. The van der Waals surface area contributed by atoms with E-state index >= 15 is 0 Å². The highest BCUT2D eigenvalue weighted by Gasteiger charge is 2.35. The predicted octanol–water partition coefficient (Wildman–Crippen LogP) is 4.34. The van der Waals surface area contributed by atoms with Gasteiger partial charge in [0, 0.05) is 35.9 Å². The zero-order valence-corrected chi connectivity index (χ0v) is 20.0. The number of carbonyl (C=O) groups is 3. The van der Waals surface area contributed by atoms with Gasteiger partial charge in [-0.25, -0.2) is 0 Å². The van der Waals surface area contributed by atoms with Gasteiger partial charge in [-0.2, -0.15) is 0 Å². The lowest BCUT2D eigenvalue weighted by molar-refractivity contribution is -0.126. The van der Waals surface area contributed by atoms with Crippen LogP contribution in [0.1, 0.15) is 17.5 Å². The van der Waals surface area contributed by atoms with E-state index in [1.165, 1.54) is 0 Å². The molecule has 3 aromatic rings. The van der Waals surface area contributed by atoms with Gasteiger partial charge in [0.25, 0.3) is 5.91 Å². The topological polar surface area (TPSA) is 87.7 Å². The Morgan fingerprint density at radius 2 is 1.69 bits per heavy atom. The molecule has 1 heterocycles. The molecule has 3 aromatic carbocycles. The van der Waals surface area contributed by atoms with Crippen LogP contribution in [0.4, 0.5) is 11.4 Å². The molecule has 1 fully saturated rings. The maximum atomic E-state index is 12.6. The van der Waals surface area contributed by atoms with Gasteiger partial charge in [-0.15, -0.1) is 0 Å². The van der Waals surface area contributed by atoms with Crippen LogP contribution in [0, 0.1) is 12.8 Å². The lowest BCUT2D eigenvalue weighted by Gasteiger charge is -2.17. The lowest BCUT2D eigenvalue weighted by Crippen LogP contribution is -2.32. The zero-order valence-electron chi connectivity index (χ0n) is 19.3. The molecule has 0 radical (unpaired) electrons. The Hall–Kier alpha value is -3.84. The molecule has 0 unspecified atom stereocenters. The van der Waals surface area contributed by atoms with Crippen molar-refractivity contribution in [2.45, 2.75) is 19.9 Å². The van der Waals surface area contributed by atoms with Crippen molar-refractivity contribution in [3.05, 3.63) is 88.9 Å². The number of nitrogens with one attached hydrogen (secondary N) is 2. The number of aryl methyl sites for hydroxylation is 1. The molecular weight excluding hydrogens is 466 g/mol. The van der Waals surface area contributed by atoms with Crippen LogP contribution in [0.3, 0.4) is 0 Å². The molecule has 4 rings (SSSR count). The molecule has 35 heavy (non-hydrogen) atoms. The second kappa shape index (κ2) is 11.1. The minimum atomic E-state index is -0.420. The van der Waals surface area contributed by atoms with Crippen LogP contribution >= 0.6 is 11.6 Å². The molecule has 0 aliphatic carbocycles. The summed E-state index contributed by atoms with van der Waals surface area (Å²) in [5, 5.41) is 6.31. The fourth-order valence-corrected chi connectivity index (χ4v) is 3.90. The number of halogens is 1. The fraction of sp³-hybridized carbons (Fsp3) is 0.222. The van der Waals surface area contributed by atoms with Gasteiger partial charge in [-0.1, -0.05) is 41.4 Å². The third-order valence-electron chi connectivity index (χ3n) is 5.73. The standard InChI is InChI=1S/C27H26ClN3O4/c1-18-2-8-22(9-3-18)30-25(32)17-35-24-12-10-23(11-13-24)31-16-20(14-26(31)33)27(34)29-15-19-4-6-21(28)7-5-19/h2-13,20H,14-17H2,1H3,(H,29,34)(H,30,32)/t20-/m1/s1. The number of amides is 3. The second-order valence-corrected chi connectivity index (χ2v) is 8.88. The monoisotopic (exact) mass is 491 g/mol. The molecule has 0 spiro atoms. The van der Waals surface area contributed by atoms with Crippen molar-refractivity contribution in [2.24, 2.45) is 5.92 Å². The summed E-state index contributed by atoms with van der Waals surface area (Å²) in [4.78, 5) is 38.8. The van der Waals surface area contributed by atoms with Crippen molar-refractivity contribution in [1.82, 2.24) is 5.32 Å². The Morgan fingerprint density at radius 1 is 1.00 bits per heavy atom. The van der Waals surface area contributed by atoms with Gasteiger partial charge in [0.15, 0.2) is 6.61 Å². The number of carbonyl (C=O) groups excluding carboxylic acids is 3. The normalized spacial score (nSPS) is 15.1. The van der Waals surface area contributed by atoms with Crippen LogP contribution in [0.15, 0.2) is 72.8 Å². The average Bonchev–Trinajstić information content (AvgIpc) is 3.25. The molecule has 1 aliphatic rings. The molecule has 1 saturated heterocycles. The van der Waals surface area contributed by atoms with Crippen molar-refractivity contribution in [2.75, 3.05) is 23.4 Å². The van der Waals surface area contributed by atoms with E-state index in [-0.39, 0.29) is 30.7 Å². The molecule has 180 valence electrons. The fourth-order valence-electron chi connectivity index (χ4n) is 3.77. The number of rotatable bonds is 8. The van der Waals surface area contributed by atoms with E-state index in [4.69, 9.17) is 16.3 Å². The Balaban J connectivity index is 1.26. The van der Waals surface area contributed by atoms with E-state index in [9.17, 15) is 14.4 Å². The van der Waals surface area contributed by atoms with Crippen LogP contribution in [-0.2, 0) is 20.9 Å². The molecule has 1 atom stereocenters. The van der Waals surface area contributed by atoms with Crippen molar-refractivity contribution in [3.8, 4) is 5.75 Å². The van der Waals surface area contributed by atoms with Crippen molar-refractivity contribution < 1.29 is 19.1 Å². The maximum Gasteiger partial charge on any atom is 0.262 e. The third-order valence-corrected chi connectivity index (χ3v) is 5.98. The quantitative estimate of drug-likeness (QED) is 0.491. The molecule has 1 aliphatic heterocycles. The third kappa shape index (κ3) is 6.61. The maximum absolute atomic E-state index is 12.6. The Morgan fingerprint density at radius 3 is 2.37 bits per heavy atom. The Bertz CT molecular complexity index is 1190. The van der Waals surface area contributed by atoms with E-state index in [1.54, 1.807) is 41.3 Å². The van der Waals surface area contributed by atoms with Gasteiger partial charge < -0.3 is 20.3 Å². The minimum absolute atomic E-state index is 0.109.